The molecule has 6 heteroatoms. The number of nitrogens with zero attached hydrogens (tertiary/aromatic N) is 1. The monoisotopic (exact) mass is 353 g/mol. The summed E-state index contributed by atoms with van der Waals surface area (Å²) in [5.41, 5.74) is 1.93. The number of hydrogen-bond donors (Lipinski definition) is 1. The van der Waals surface area contributed by atoms with Crippen molar-refractivity contribution in [1.29, 1.82) is 0 Å². The van der Waals surface area contributed by atoms with Crippen LogP contribution in [0.15, 0.2) is 12.1 Å². The summed E-state index contributed by atoms with van der Waals surface area (Å²) in [6.45, 7) is 6.31. The van der Waals surface area contributed by atoms with E-state index in [2.05, 4.69) is 17.1 Å². The Bertz CT molecular complexity index is 559. The van der Waals surface area contributed by atoms with Crippen LogP contribution in [-0.4, -0.2) is 43.7 Å². The Morgan fingerprint density at radius 1 is 1.12 bits per heavy atom. The number of aryl methyl sites for hydroxylation is 1. The zero-order chi connectivity index (χ0) is 16.1. The number of halogens is 1. The molecule has 2 aliphatic rings. The Morgan fingerprint density at radius 3 is 2.46 bits per heavy atom. The summed E-state index contributed by atoms with van der Waals surface area (Å²) >= 11 is 0. The Balaban J connectivity index is 0.00000208. The van der Waals surface area contributed by atoms with Crippen LogP contribution in [0.5, 0.6) is 11.5 Å². The number of benzene rings is 1. The van der Waals surface area contributed by atoms with Crippen molar-refractivity contribution in [3.8, 4) is 11.5 Å². The number of anilines is 1. The lowest BCUT2D eigenvalue weighted by Gasteiger charge is -2.26. The summed E-state index contributed by atoms with van der Waals surface area (Å²) in [5.74, 6) is 1.57. The summed E-state index contributed by atoms with van der Waals surface area (Å²) in [4.78, 5) is 14.7. The highest BCUT2D eigenvalue weighted by molar-refractivity contribution is 5.92. The number of carbonyl (C=O) groups excluding carboxylic acids is 1. The lowest BCUT2D eigenvalue weighted by Crippen LogP contribution is -3.00. The molecule has 0 unspecified atom stereocenters. The number of carbonyl (C=O) groups is 1. The Kier molecular flexibility index (Phi) is 7.18. The van der Waals surface area contributed by atoms with Crippen molar-refractivity contribution in [3.63, 3.8) is 0 Å². The SMILES string of the molecule is CCc1cc2c(cc1NC(=O)CCN1CCCCC1)OCCO2.[Cl-]. The van der Waals surface area contributed by atoms with Crippen LogP contribution in [-0.2, 0) is 11.2 Å². The van der Waals surface area contributed by atoms with Crippen LogP contribution in [0.25, 0.3) is 0 Å². The van der Waals surface area contributed by atoms with E-state index < -0.39 is 0 Å². The van der Waals surface area contributed by atoms with Gasteiger partial charge in [-0.1, -0.05) is 13.3 Å². The number of rotatable bonds is 5. The molecule has 1 aromatic rings. The van der Waals surface area contributed by atoms with Crippen molar-refractivity contribution in [2.45, 2.75) is 39.0 Å². The van der Waals surface area contributed by atoms with Crippen molar-refractivity contribution < 1.29 is 26.7 Å². The zero-order valence-electron chi connectivity index (χ0n) is 14.3. The third kappa shape index (κ3) is 4.77. The normalized spacial score (nSPS) is 17.0. The highest BCUT2D eigenvalue weighted by Crippen LogP contribution is 2.35. The van der Waals surface area contributed by atoms with Crippen LogP contribution in [0.4, 0.5) is 5.69 Å². The molecule has 1 amide bonds. The van der Waals surface area contributed by atoms with E-state index in [1.54, 1.807) is 0 Å². The fourth-order valence-corrected chi connectivity index (χ4v) is 3.20. The second kappa shape index (κ2) is 9.14. The van der Waals surface area contributed by atoms with Gasteiger partial charge in [-0.2, -0.15) is 0 Å². The summed E-state index contributed by atoms with van der Waals surface area (Å²) in [7, 11) is 0. The van der Waals surface area contributed by atoms with E-state index in [9.17, 15) is 4.79 Å². The first kappa shape index (κ1) is 18.9. The first-order valence-electron chi connectivity index (χ1n) is 8.71. The quantitative estimate of drug-likeness (QED) is 0.799. The molecule has 0 bridgehead atoms. The first-order chi connectivity index (χ1) is 11.3. The maximum atomic E-state index is 12.3. The van der Waals surface area contributed by atoms with Gasteiger partial charge in [0.25, 0.3) is 0 Å². The minimum Gasteiger partial charge on any atom is -1.00 e. The number of amides is 1. The number of fused-ring (bicyclic) bond motifs is 1. The standard InChI is InChI=1S/C18H26N2O3.ClH/c1-2-14-12-16-17(23-11-10-22-16)13-15(14)19-18(21)6-9-20-7-4-3-5-8-20;/h12-13H,2-11H2,1H3,(H,19,21);1H/p-1. The molecule has 1 saturated heterocycles. The Labute approximate surface area is 150 Å². The molecule has 3 rings (SSSR count). The lowest BCUT2D eigenvalue weighted by atomic mass is 10.1. The smallest absolute Gasteiger partial charge is 0.225 e. The maximum absolute atomic E-state index is 12.3. The largest absolute Gasteiger partial charge is 1.00 e. The van der Waals surface area contributed by atoms with Crippen LogP contribution < -0.4 is 27.2 Å². The molecule has 0 atom stereocenters. The highest BCUT2D eigenvalue weighted by Gasteiger charge is 2.17. The molecule has 0 aromatic heterocycles. The molecule has 5 nitrogen and oxygen atoms in total. The molecule has 0 spiro atoms. The van der Waals surface area contributed by atoms with Gasteiger partial charge >= 0.3 is 0 Å². The van der Waals surface area contributed by atoms with E-state index in [-0.39, 0.29) is 18.3 Å². The topological polar surface area (TPSA) is 50.8 Å². The molecule has 2 aliphatic heterocycles. The molecular weight excluding hydrogens is 328 g/mol. The predicted molar refractivity (Wildman–Crippen MR) is 90.3 cm³/mol. The molecule has 0 aliphatic carbocycles. The van der Waals surface area contributed by atoms with Gasteiger partial charge in [0.2, 0.25) is 5.91 Å². The molecule has 1 fully saturated rings. The van der Waals surface area contributed by atoms with E-state index in [0.717, 1.165) is 48.8 Å². The molecule has 1 N–H and O–H groups in total. The van der Waals surface area contributed by atoms with Crippen LogP contribution in [0.2, 0.25) is 0 Å². The molecular formula is C18H26ClN2O3-. The zero-order valence-corrected chi connectivity index (χ0v) is 15.0. The average molecular weight is 354 g/mol. The van der Waals surface area contributed by atoms with E-state index in [4.69, 9.17) is 9.47 Å². The molecule has 2 heterocycles. The summed E-state index contributed by atoms with van der Waals surface area (Å²) < 4.78 is 11.2. The maximum Gasteiger partial charge on any atom is 0.225 e. The van der Waals surface area contributed by atoms with E-state index >= 15 is 0 Å². The number of ether oxygens (including phenoxy) is 2. The van der Waals surface area contributed by atoms with Gasteiger partial charge in [0.05, 0.1) is 0 Å². The van der Waals surface area contributed by atoms with Crippen molar-refractivity contribution >= 4 is 11.6 Å². The van der Waals surface area contributed by atoms with Gasteiger partial charge in [0.1, 0.15) is 13.2 Å². The summed E-state index contributed by atoms with van der Waals surface area (Å²) in [5, 5.41) is 3.05. The lowest BCUT2D eigenvalue weighted by molar-refractivity contribution is -0.116. The Morgan fingerprint density at radius 2 is 1.79 bits per heavy atom. The fraction of sp³-hybridized carbons (Fsp3) is 0.611. The van der Waals surface area contributed by atoms with Gasteiger partial charge < -0.3 is 32.1 Å². The second-order valence-corrected chi connectivity index (χ2v) is 6.21. The number of nitrogens with one attached hydrogen (secondary N) is 1. The summed E-state index contributed by atoms with van der Waals surface area (Å²) in [6, 6.07) is 3.88. The molecule has 0 radical (unpaired) electrons. The number of hydrogen-bond acceptors (Lipinski definition) is 4. The Hall–Kier alpha value is -1.46. The van der Waals surface area contributed by atoms with Crippen LogP contribution >= 0.6 is 0 Å². The molecule has 1 aromatic carbocycles. The van der Waals surface area contributed by atoms with Crippen LogP contribution in [0, 0.1) is 0 Å². The van der Waals surface area contributed by atoms with Gasteiger partial charge in [-0.3, -0.25) is 4.79 Å². The van der Waals surface area contributed by atoms with Crippen molar-refractivity contribution in [2.24, 2.45) is 0 Å². The van der Waals surface area contributed by atoms with Crippen LogP contribution in [0.3, 0.4) is 0 Å². The third-order valence-corrected chi connectivity index (χ3v) is 4.53. The van der Waals surface area contributed by atoms with Crippen molar-refractivity contribution in [3.05, 3.63) is 17.7 Å². The first-order valence-corrected chi connectivity index (χ1v) is 8.71. The van der Waals surface area contributed by atoms with Crippen molar-refractivity contribution in [2.75, 3.05) is 38.2 Å². The second-order valence-electron chi connectivity index (χ2n) is 6.21. The van der Waals surface area contributed by atoms with Gasteiger partial charge in [-0.15, -0.1) is 0 Å². The van der Waals surface area contributed by atoms with Crippen LogP contribution in [0.1, 0.15) is 38.2 Å². The molecule has 24 heavy (non-hydrogen) atoms. The summed E-state index contributed by atoms with van der Waals surface area (Å²) in [6.07, 6.45) is 5.21. The predicted octanol–water partition coefficient (Wildman–Crippen LogP) is -0.161. The van der Waals surface area contributed by atoms with Gasteiger partial charge in [-0.05, 0) is 44.0 Å². The van der Waals surface area contributed by atoms with E-state index in [0.29, 0.717) is 19.6 Å². The van der Waals surface area contributed by atoms with E-state index in [1.807, 2.05) is 12.1 Å². The highest BCUT2D eigenvalue weighted by atomic mass is 35.5. The van der Waals surface area contributed by atoms with E-state index in [1.165, 1.54) is 19.3 Å². The molecule has 0 saturated carbocycles. The van der Waals surface area contributed by atoms with Gasteiger partial charge in [-0.25, -0.2) is 0 Å². The van der Waals surface area contributed by atoms with Crippen molar-refractivity contribution in [1.82, 2.24) is 4.90 Å². The minimum atomic E-state index is 0. The van der Waals surface area contributed by atoms with Gasteiger partial charge in [0.15, 0.2) is 11.5 Å². The number of piperidine rings is 1. The number of likely N-dealkylation sites (tertiary alicyclic amines) is 1. The molecule has 134 valence electrons. The minimum absolute atomic E-state index is 0. The third-order valence-electron chi connectivity index (χ3n) is 4.53. The average Bonchev–Trinajstić information content (AvgIpc) is 2.60. The fourth-order valence-electron chi connectivity index (χ4n) is 3.20. The van der Waals surface area contributed by atoms with Gasteiger partial charge in [0, 0.05) is 24.7 Å².